The van der Waals surface area contributed by atoms with Gasteiger partial charge in [-0.1, -0.05) is 6.92 Å². The van der Waals surface area contributed by atoms with Gasteiger partial charge in [0.1, 0.15) is 0 Å². The van der Waals surface area contributed by atoms with Crippen molar-refractivity contribution in [2.45, 2.75) is 30.2 Å². The molecule has 2 unspecified atom stereocenters. The Balaban J connectivity index is 2.30. The second-order valence-electron chi connectivity index (χ2n) is 3.85. The molecule has 90 valence electrons. The zero-order chi connectivity index (χ0) is 11.8. The van der Waals surface area contributed by atoms with Crippen LogP contribution in [0.5, 0.6) is 0 Å². The van der Waals surface area contributed by atoms with E-state index in [1.807, 2.05) is 18.7 Å². The fraction of sp³-hybridized carbons (Fsp3) is 0.667. The average molecular weight is 261 g/mol. The number of H-pyrrole nitrogens is 1. The van der Waals surface area contributed by atoms with Gasteiger partial charge in [-0.2, -0.15) is 16.1 Å². The highest BCUT2D eigenvalue weighted by Crippen LogP contribution is 2.28. The number of aromatic nitrogens is 2. The molecular weight excluding hydrogens is 246 g/mol. The quantitative estimate of drug-likeness (QED) is 0.860. The molecule has 16 heavy (non-hydrogen) atoms. The smallest absolute Gasteiger partial charge is 0.260 e. The van der Waals surface area contributed by atoms with Crippen LogP contribution in [0, 0.1) is 0 Å². The number of hydrogen-bond acceptors (Lipinski definition) is 4. The summed E-state index contributed by atoms with van der Waals surface area (Å²) in [7, 11) is -3.40. The Morgan fingerprint density at radius 3 is 2.94 bits per heavy atom. The van der Waals surface area contributed by atoms with Crippen LogP contribution in [-0.4, -0.2) is 46.3 Å². The molecule has 2 heterocycles. The van der Waals surface area contributed by atoms with Crippen LogP contribution in [0.25, 0.3) is 0 Å². The molecule has 1 fully saturated rings. The Morgan fingerprint density at radius 2 is 2.31 bits per heavy atom. The average Bonchev–Trinajstić information content (AvgIpc) is 2.75. The van der Waals surface area contributed by atoms with Gasteiger partial charge in [0.25, 0.3) is 10.0 Å². The summed E-state index contributed by atoms with van der Waals surface area (Å²) < 4.78 is 26.1. The normalized spacial score (nSPS) is 28.1. The summed E-state index contributed by atoms with van der Waals surface area (Å²) >= 11 is 1.81. The highest BCUT2D eigenvalue weighted by molar-refractivity contribution is 8.00. The summed E-state index contributed by atoms with van der Waals surface area (Å²) in [5.41, 5.74) is 0. The molecular formula is C9H15N3O2S2. The molecule has 1 aliphatic rings. The number of nitrogens with zero attached hydrogens (tertiary/aromatic N) is 2. The molecule has 2 rings (SSSR count). The van der Waals surface area contributed by atoms with Crippen molar-refractivity contribution in [2.75, 3.05) is 12.3 Å². The first-order chi connectivity index (χ1) is 7.53. The van der Waals surface area contributed by atoms with Crippen molar-refractivity contribution in [3.05, 3.63) is 12.5 Å². The van der Waals surface area contributed by atoms with Gasteiger partial charge in [0.2, 0.25) is 0 Å². The zero-order valence-electron chi connectivity index (χ0n) is 9.25. The Labute approximate surface area is 99.7 Å². The van der Waals surface area contributed by atoms with Gasteiger partial charge in [-0.05, 0) is 6.92 Å². The van der Waals surface area contributed by atoms with Crippen molar-refractivity contribution in [3.8, 4) is 0 Å². The molecule has 1 aromatic rings. The Kier molecular flexibility index (Phi) is 3.27. The number of nitrogens with one attached hydrogen (secondary N) is 1. The summed E-state index contributed by atoms with van der Waals surface area (Å²) in [5.74, 6) is 0.846. The van der Waals surface area contributed by atoms with Crippen LogP contribution in [0.3, 0.4) is 0 Å². The third-order valence-electron chi connectivity index (χ3n) is 2.89. The summed E-state index contributed by atoms with van der Waals surface area (Å²) in [6.07, 6.45) is 2.74. The molecule has 0 amide bonds. The topological polar surface area (TPSA) is 66.1 Å². The van der Waals surface area contributed by atoms with Crippen LogP contribution >= 0.6 is 11.8 Å². The van der Waals surface area contributed by atoms with Gasteiger partial charge in [0.15, 0.2) is 5.03 Å². The molecule has 5 nitrogen and oxygen atoms in total. The molecule has 1 aliphatic heterocycles. The van der Waals surface area contributed by atoms with E-state index < -0.39 is 10.0 Å². The molecule has 1 saturated heterocycles. The third-order valence-corrected chi connectivity index (χ3v) is 6.14. The summed E-state index contributed by atoms with van der Waals surface area (Å²) in [5, 5.41) is 0.505. The molecule has 0 radical (unpaired) electrons. The van der Waals surface area contributed by atoms with Crippen LogP contribution in [0.2, 0.25) is 0 Å². The molecule has 2 atom stereocenters. The Bertz CT molecular complexity index is 443. The van der Waals surface area contributed by atoms with Crippen molar-refractivity contribution >= 4 is 21.8 Å². The van der Waals surface area contributed by atoms with Crippen molar-refractivity contribution in [1.29, 1.82) is 0 Å². The molecule has 0 bridgehead atoms. The third kappa shape index (κ3) is 1.99. The monoisotopic (exact) mass is 261 g/mol. The summed E-state index contributed by atoms with van der Waals surface area (Å²) in [6, 6.07) is 0.0204. The number of hydrogen-bond donors (Lipinski definition) is 1. The van der Waals surface area contributed by atoms with Gasteiger partial charge in [-0.15, -0.1) is 0 Å². The van der Waals surface area contributed by atoms with Crippen LogP contribution in [-0.2, 0) is 10.0 Å². The van der Waals surface area contributed by atoms with E-state index in [0.29, 0.717) is 11.8 Å². The van der Waals surface area contributed by atoms with Crippen LogP contribution in [0.4, 0.5) is 0 Å². The zero-order valence-corrected chi connectivity index (χ0v) is 10.9. The van der Waals surface area contributed by atoms with Crippen molar-refractivity contribution in [1.82, 2.24) is 14.3 Å². The first kappa shape index (κ1) is 11.9. The van der Waals surface area contributed by atoms with Crippen molar-refractivity contribution < 1.29 is 8.42 Å². The second-order valence-corrected chi connectivity index (χ2v) is 7.19. The minimum Gasteiger partial charge on any atom is -0.335 e. The van der Waals surface area contributed by atoms with Crippen molar-refractivity contribution in [3.63, 3.8) is 0 Å². The number of imidazole rings is 1. The maximum absolute atomic E-state index is 12.2. The van der Waals surface area contributed by atoms with E-state index in [9.17, 15) is 8.42 Å². The number of sulfonamides is 1. The van der Waals surface area contributed by atoms with Gasteiger partial charge in [-0.25, -0.2) is 13.4 Å². The van der Waals surface area contributed by atoms with E-state index in [0.717, 1.165) is 5.75 Å². The number of thioether (sulfide) groups is 1. The molecule has 7 heteroatoms. The van der Waals surface area contributed by atoms with E-state index >= 15 is 0 Å². The maximum atomic E-state index is 12.2. The number of rotatable bonds is 2. The Morgan fingerprint density at radius 1 is 1.56 bits per heavy atom. The van der Waals surface area contributed by atoms with Gasteiger partial charge in [-0.3, -0.25) is 0 Å². The highest BCUT2D eigenvalue weighted by Gasteiger charge is 2.35. The molecule has 0 saturated carbocycles. The predicted molar refractivity (Wildman–Crippen MR) is 63.9 cm³/mol. The standard InChI is InChI=1S/C9H15N3O2S2/c1-7-8(2)15-4-3-12(7)16(13,14)9-5-10-6-11-9/h5-8H,3-4H2,1-2H3,(H,10,11). The van der Waals surface area contributed by atoms with Crippen LogP contribution < -0.4 is 0 Å². The van der Waals surface area contributed by atoms with Gasteiger partial charge >= 0.3 is 0 Å². The minimum absolute atomic E-state index is 0.0204. The first-order valence-electron chi connectivity index (χ1n) is 5.15. The van der Waals surface area contributed by atoms with E-state index in [2.05, 4.69) is 16.9 Å². The summed E-state index contributed by atoms with van der Waals surface area (Å²) in [6.45, 7) is 4.58. The molecule has 0 aliphatic carbocycles. The van der Waals surface area contributed by atoms with E-state index in [4.69, 9.17) is 0 Å². The lowest BCUT2D eigenvalue weighted by molar-refractivity contribution is 0.339. The fourth-order valence-electron chi connectivity index (χ4n) is 1.76. The summed E-state index contributed by atoms with van der Waals surface area (Å²) in [4.78, 5) is 6.42. The van der Waals surface area contributed by atoms with Gasteiger partial charge in [0.05, 0.1) is 12.5 Å². The van der Waals surface area contributed by atoms with E-state index in [1.54, 1.807) is 4.31 Å². The van der Waals surface area contributed by atoms with Crippen LogP contribution in [0.15, 0.2) is 17.6 Å². The molecule has 1 N–H and O–H groups in total. The van der Waals surface area contributed by atoms with Gasteiger partial charge in [0, 0.05) is 23.6 Å². The highest BCUT2D eigenvalue weighted by atomic mass is 32.2. The lowest BCUT2D eigenvalue weighted by atomic mass is 10.2. The SMILES string of the molecule is CC1SCCN(S(=O)(=O)c2cnc[nH]2)C1C. The van der Waals surface area contributed by atoms with Crippen LogP contribution in [0.1, 0.15) is 13.8 Å². The molecule has 0 spiro atoms. The van der Waals surface area contributed by atoms with Crippen molar-refractivity contribution in [2.24, 2.45) is 0 Å². The molecule has 0 aromatic carbocycles. The Hall–Kier alpha value is -0.530. The van der Waals surface area contributed by atoms with E-state index in [-0.39, 0.29) is 11.1 Å². The molecule has 1 aromatic heterocycles. The van der Waals surface area contributed by atoms with E-state index in [1.165, 1.54) is 12.5 Å². The fourth-order valence-corrected chi connectivity index (χ4v) is 4.65. The first-order valence-corrected chi connectivity index (χ1v) is 7.64. The minimum atomic E-state index is -3.40. The predicted octanol–water partition coefficient (Wildman–Crippen LogP) is 0.924. The largest absolute Gasteiger partial charge is 0.335 e. The number of aromatic amines is 1. The maximum Gasteiger partial charge on any atom is 0.260 e. The second kappa shape index (κ2) is 4.38. The lowest BCUT2D eigenvalue weighted by Gasteiger charge is -2.35. The van der Waals surface area contributed by atoms with Gasteiger partial charge < -0.3 is 4.98 Å². The lowest BCUT2D eigenvalue weighted by Crippen LogP contribution is -2.47.